The number of carbonyl (C=O) groups is 1. The molecular weight excluding hydrogens is 428 g/mol. The molecule has 4 aromatic rings. The minimum atomic E-state index is -0.818. The molecule has 0 spiro atoms. The Kier molecular flexibility index (Phi) is 6.69. The van der Waals surface area contributed by atoms with E-state index in [4.69, 9.17) is 14.4 Å². The van der Waals surface area contributed by atoms with Crippen LogP contribution >= 0.6 is 0 Å². The Balaban J connectivity index is 1.53. The van der Waals surface area contributed by atoms with Gasteiger partial charge in [0.05, 0.1) is 18.7 Å². The van der Waals surface area contributed by atoms with Gasteiger partial charge in [-0.1, -0.05) is 45.3 Å². The van der Waals surface area contributed by atoms with Crippen molar-refractivity contribution < 1.29 is 19.2 Å². The van der Waals surface area contributed by atoms with Crippen molar-refractivity contribution in [3.8, 4) is 5.75 Å². The maximum absolute atomic E-state index is 11.0. The summed E-state index contributed by atoms with van der Waals surface area (Å²) in [6.45, 7) is 9.31. The first-order chi connectivity index (χ1) is 16.2. The molecule has 0 radical (unpaired) electrons. The largest absolute Gasteiger partial charge is 0.493 e. The Hall–Kier alpha value is -3.28. The molecule has 34 heavy (non-hydrogen) atoms. The zero-order valence-electron chi connectivity index (χ0n) is 20.8. The van der Waals surface area contributed by atoms with Crippen molar-refractivity contribution in [2.45, 2.75) is 59.8 Å². The Bertz CT molecular complexity index is 1320. The van der Waals surface area contributed by atoms with Crippen molar-refractivity contribution in [2.75, 3.05) is 6.61 Å². The molecule has 0 amide bonds. The number of benzene rings is 2. The lowest BCUT2D eigenvalue weighted by molar-refractivity contribution is -0.136. The third-order valence-corrected chi connectivity index (χ3v) is 6.15. The van der Waals surface area contributed by atoms with Crippen molar-refractivity contribution in [1.82, 2.24) is 9.72 Å². The summed E-state index contributed by atoms with van der Waals surface area (Å²) in [6.07, 6.45) is 3.50. The van der Waals surface area contributed by atoms with Gasteiger partial charge in [-0.3, -0.25) is 4.79 Å². The average molecular weight is 463 g/mol. The van der Waals surface area contributed by atoms with Crippen molar-refractivity contribution in [3.05, 3.63) is 58.9 Å². The predicted molar refractivity (Wildman–Crippen MR) is 135 cm³/mol. The van der Waals surface area contributed by atoms with Gasteiger partial charge >= 0.3 is 5.97 Å². The number of aryl methyl sites for hydroxylation is 2. The van der Waals surface area contributed by atoms with Crippen LogP contribution < -0.4 is 4.74 Å². The van der Waals surface area contributed by atoms with E-state index in [-0.39, 0.29) is 11.8 Å². The summed E-state index contributed by atoms with van der Waals surface area (Å²) in [7, 11) is 2.04. The van der Waals surface area contributed by atoms with Gasteiger partial charge in [0.25, 0.3) is 0 Å². The number of aliphatic carboxylic acids is 1. The third kappa shape index (κ3) is 5.11. The van der Waals surface area contributed by atoms with E-state index in [0.29, 0.717) is 6.61 Å². The van der Waals surface area contributed by atoms with Gasteiger partial charge in [-0.05, 0) is 54.2 Å². The average Bonchev–Trinajstić information content (AvgIpc) is 3.28. The first-order valence-corrected chi connectivity index (χ1v) is 12.0. The molecule has 0 saturated heterocycles. The molecule has 0 fully saturated rings. The molecule has 0 aliphatic carbocycles. The van der Waals surface area contributed by atoms with Crippen LogP contribution in [-0.4, -0.2) is 27.4 Å². The normalized spacial score (nSPS) is 12.0. The number of nitrogens with zero attached hydrogens (tertiary/aromatic N) is 2. The molecule has 0 saturated carbocycles. The maximum Gasteiger partial charge on any atom is 0.307 e. The summed E-state index contributed by atoms with van der Waals surface area (Å²) in [6, 6.07) is 12.1. The number of fused-ring (bicyclic) bond motifs is 2. The predicted octanol–water partition coefficient (Wildman–Crippen LogP) is 6.11. The monoisotopic (exact) mass is 462 g/mol. The summed E-state index contributed by atoms with van der Waals surface area (Å²) in [5.74, 6) is 0.0383. The number of ether oxygens (including phenoxy) is 1. The molecular formula is C28H34N2O4. The number of aromatic nitrogens is 2. The van der Waals surface area contributed by atoms with Crippen molar-refractivity contribution >= 4 is 27.8 Å². The molecule has 0 bridgehead atoms. The van der Waals surface area contributed by atoms with E-state index >= 15 is 0 Å². The van der Waals surface area contributed by atoms with Crippen LogP contribution in [0, 0.1) is 5.41 Å². The highest BCUT2D eigenvalue weighted by Crippen LogP contribution is 2.34. The summed E-state index contributed by atoms with van der Waals surface area (Å²) >= 11 is 0. The van der Waals surface area contributed by atoms with E-state index in [9.17, 15) is 4.79 Å². The SMILES string of the molecule is CCCc1c(OCCc2cc3cc(CC(=O)O)ccc3n2C)ccc2c(CC(C)(C)C)noc12. The van der Waals surface area contributed by atoms with Gasteiger partial charge in [0.15, 0.2) is 5.58 Å². The van der Waals surface area contributed by atoms with Crippen molar-refractivity contribution in [3.63, 3.8) is 0 Å². The third-order valence-electron chi connectivity index (χ3n) is 6.15. The van der Waals surface area contributed by atoms with E-state index in [2.05, 4.69) is 55.6 Å². The van der Waals surface area contributed by atoms with Crippen LogP contribution in [-0.2, 0) is 37.5 Å². The number of hydrogen-bond donors (Lipinski definition) is 1. The number of carboxylic acid groups (broad SMARTS) is 1. The zero-order valence-corrected chi connectivity index (χ0v) is 20.8. The Morgan fingerprint density at radius 2 is 1.94 bits per heavy atom. The van der Waals surface area contributed by atoms with E-state index in [1.807, 2.05) is 25.2 Å². The number of hydrogen-bond acceptors (Lipinski definition) is 4. The van der Waals surface area contributed by atoms with Crippen LogP contribution in [0.3, 0.4) is 0 Å². The molecule has 6 heteroatoms. The van der Waals surface area contributed by atoms with Gasteiger partial charge in [-0.25, -0.2) is 0 Å². The van der Waals surface area contributed by atoms with Crippen LogP contribution in [0.2, 0.25) is 0 Å². The van der Waals surface area contributed by atoms with Crippen LogP contribution in [0.1, 0.15) is 56.6 Å². The van der Waals surface area contributed by atoms with Crippen molar-refractivity contribution in [2.24, 2.45) is 12.5 Å². The highest BCUT2D eigenvalue weighted by Gasteiger charge is 2.20. The smallest absolute Gasteiger partial charge is 0.307 e. The Labute approximate surface area is 200 Å². The van der Waals surface area contributed by atoms with Gasteiger partial charge in [0.1, 0.15) is 5.75 Å². The minimum Gasteiger partial charge on any atom is -0.493 e. The van der Waals surface area contributed by atoms with Crippen LogP contribution in [0.4, 0.5) is 0 Å². The van der Waals surface area contributed by atoms with Gasteiger partial charge < -0.3 is 18.9 Å². The van der Waals surface area contributed by atoms with E-state index in [1.165, 1.54) is 0 Å². The van der Waals surface area contributed by atoms with E-state index in [0.717, 1.165) is 75.8 Å². The molecule has 0 atom stereocenters. The summed E-state index contributed by atoms with van der Waals surface area (Å²) < 4.78 is 14.2. The van der Waals surface area contributed by atoms with Crippen LogP contribution in [0.15, 0.2) is 40.9 Å². The van der Waals surface area contributed by atoms with E-state index < -0.39 is 5.97 Å². The summed E-state index contributed by atoms with van der Waals surface area (Å²) in [5, 5.41) is 15.6. The molecule has 0 unspecified atom stereocenters. The summed E-state index contributed by atoms with van der Waals surface area (Å²) in [5.41, 5.74) is 6.11. The van der Waals surface area contributed by atoms with E-state index in [1.54, 1.807) is 0 Å². The second-order valence-electron chi connectivity index (χ2n) is 10.3. The highest BCUT2D eigenvalue weighted by atomic mass is 16.5. The fraction of sp³-hybridized carbons (Fsp3) is 0.429. The lowest BCUT2D eigenvalue weighted by Crippen LogP contribution is -2.09. The topological polar surface area (TPSA) is 77.5 Å². The molecule has 4 rings (SSSR count). The fourth-order valence-electron chi connectivity index (χ4n) is 4.59. The van der Waals surface area contributed by atoms with Gasteiger partial charge in [0, 0.05) is 41.0 Å². The molecule has 2 aromatic heterocycles. The quantitative estimate of drug-likeness (QED) is 0.325. The molecule has 6 nitrogen and oxygen atoms in total. The Morgan fingerprint density at radius 1 is 1.15 bits per heavy atom. The fourth-order valence-corrected chi connectivity index (χ4v) is 4.59. The maximum atomic E-state index is 11.0. The lowest BCUT2D eigenvalue weighted by Gasteiger charge is -2.16. The number of rotatable bonds is 9. The zero-order chi connectivity index (χ0) is 24.5. The second kappa shape index (κ2) is 9.53. The van der Waals surface area contributed by atoms with Crippen LogP contribution in [0.25, 0.3) is 21.9 Å². The lowest BCUT2D eigenvalue weighted by atomic mass is 9.89. The Morgan fingerprint density at radius 3 is 2.65 bits per heavy atom. The summed E-state index contributed by atoms with van der Waals surface area (Å²) in [4.78, 5) is 11.0. The van der Waals surface area contributed by atoms with Crippen molar-refractivity contribution in [1.29, 1.82) is 0 Å². The molecule has 1 N–H and O–H groups in total. The minimum absolute atomic E-state index is 0.0328. The molecule has 0 aliphatic rings. The molecule has 180 valence electrons. The van der Waals surface area contributed by atoms with Crippen LogP contribution in [0.5, 0.6) is 5.75 Å². The van der Waals surface area contributed by atoms with Gasteiger partial charge in [-0.2, -0.15) is 0 Å². The molecule has 2 heterocycles. The molecule has 0 aliphatic heterocycles. The standard InChI is InChI=1S/C28H34N2O4/c1-6-7-22-25(11-9-21-23(17-28(2,3)4)29-34-27(21)22)33-13-12-20-16-19-14-18(15-26(31)32)8-10-24(19)30(20)5/h8-11,14,16H,6-7,12-13,15,17H2,1-5H3,(H,31,32). The first kappa shape index (κ1) is 23.9. The number of carboxylic acids is 1. The molecule has 2 aromatic carbocycles. The highest BCUT2D eigenvalue weighted by molar-refractivity contribution is 5.85. The van der Waals surface area contributed by atoms with Gasteiger partial charge in [-0.15, -0.1) is 0 Å². The second-order valence-corrected chi connectivity index (χ2v) is 10.3. The van der Waals surface area contributed by atoms with Gasteiger partial charge in [0.2, 0.25) is 0 Å². The first-order valence-electron chi connectivity index (χ1n) is 12.0.